The van der Waals surface area contributed by atoms with Gasteiger partial charge < -0.3 is 10.2 Å². The van der Waals surface area contributed by atoms with E-state index in [4.69, 9.17) is 0 Å². The van der Waals surface area contributed by atoms with Gasteiger partial charge in [-0.1, -0.05) is 30.3 Å². The van der Waals surface area contributed by atoms with Crippen LogP contribution in [0.1, 0.15) is 23.4 Å². The number of benzene rings is 1. The number of rotatable bonds is 5. The molecule has 1 aromatic carbocycles. The Morgan fingerprint density at radius 3 is 2.76 bits per heavy atom. The van der Waals surface area contributed by atoms with Crippen LogP contribution >= 0.6 is 11.3 Å². The minimum absolute atomic E-state index is 0.131. The lowest BCUT2D eigenvalue weighted by Crippen LogP contribution is -2.49. The first-order chi connectivity index (χ1) is 12.1. The van der Waals surface area contributed by atoms with E-state index in [1.807, 2.05) is 35.7 Å². The SMILES string of the molecule is O=C1CC[C@H](C(=O)N(Cc2ccccc2)Cc2nccs2)NC(=O)N1. The zero-order chi connectivity index (χ0) is 17.6. The molecule has 0 bridgehead atoms. The maximum absolute atomic E-state index is 13.0. The Morgan fingerprint density at radius 1 is 1.24 bits per heavy atom. The molecule has 0 unspecified atom stereocenters. The topological polar surface area (TPSA) is 91.4 Å². The van der Waals surface area contributed by atoms with Crippen LogP contribution < -0.4 is 10.6 Å². The highest BCUT2D eigenvalue weighted by Gasteiger charge is 2.30. The number of nitrogens with zero attached hydrogens (tertiary/aromatic N) is 2. The van der Waals surface area contributed by atoms with Gasteiger partial charge >= 0.3 is 6.03 Å². The number of carbonyl (C=O) groups is 3. The van der Waals surface area contributed by atoms with Crippen molar-refractivity contribution in [1.29, 1.82) is 0 Å². The lowest BCUT2D eigenvalue weighted by atomic mass is 10.1. The molecule has 7 nitrogen and oxygen atoms in total. The van der Waals surface area contributed by atoms with E-state index in [1.165, 1.54) is 11.3 Å². The van der Waals surface area contributed by atoms with Crippen LogP contribution in [0.3, 0.4) is 0 Å². The molecule has 4 amide bonds. The van der Waals surface area contributed by atoms with E-state index in [9.17, 15) is 14.4 Å². The van der Waals surface area contributed by atoms with Crippen molar-refractivity contribution in [2.24, 2.45) is 0 Å². The zero-order valence-electron chi connectivity index (χ0n) is 13.5. The minimum Gasteiger partial charge on any atom is -0.330 e. The minimum atomic E-state index is -0.727. The maximum Gasteiger partial charge on any atom is 0.322 e. The molecule has 3 rings (SSSR count). The number of carbonyl (C=O) groups excluding carboxylic acids is 3. The molecular formula is C17H18N4O3S. The number of thiazole rings is 1. The molecule has 2 aromatic rings. The van der Waals surface area contributed by atoms with Crippen molar-refractivity contribution in [2.75, 3.05) is 0 Å². The average Bonchev–Trinajstić information content (AvgIpc) is 3.05. The lowest BCUT2D eigenvalue weighted by molar-refractivity contribution is -0.134. The maximum atomic E-state index is 13.0. The largest absolute Gasteiger partial charge is 0.330 e. The summed E-state index contributed by atoms with van der Waals surface area (Å²) in [4.78, 5) is 42.0. The number of urea groups is 1. The van der Waals surface area contributed by atoms with E-state index in [0.29, 0.717) is 13.1 Å². The summed E-state index contributed by atoms with van der Waals surface area (Å²) in [6.45, 7) is 0.770. The van der Waals surface area contributed by atoms with E-state index in [-0.39, 0.29) is 24.7 Å². The second-order valence-electron chi connectivity index (χ2n) is 5.72. The zero-order valence-corrected chi connectivity index (χ0v) is 14.3. The Balaban J connectivity index is 1.78. The normalized spacial score (nSPS) is 17.4. The highest BCUT2D eigenvalue weighted by atomic mass is 32.1. The first kappa shape index (κ1) is 17.1. The molecule has 2 N–H and O–H groups in total. The predicted molar refractivity (Wildman–Crippen MR) is 92.5 cm³/mol. The number of hydrogen-bond donors (Lipinski definition) is 2. The molecule has 1 saturated heterocycles. The third-order valence-corrected chi connectivity index (χ3v) is 4.62. The second kappa shape index (κ2) is 7.89. The lowest BCUT2D eigenvalue weighted by Gasteiger charge is -2.26. The Kier molecular flexibility index (Phi) is 5.39. The molecule has 0 aliphatic carbocycles. The Hall–Kier alpha value is -2.74. The van der Waals surface area contributed by atoms with E-state index in [0.717, 1.165) is 10.6 Å². The molecule has 8 heteroatoms. The van der Waals surface area contributed by atoms with Crippen molar-refractivity contribution in [2.45, 2.75) is 32.0 Å². The van der Waals surface area contributed by atoms with E-state index < -0.39 is 12.1 Å². The van der Waals surface area contributed by atoms with Crippen molar-refractivity contribution < 1.29 is 14.4 Å². The molecule has 0 saturated carbocycles. The van der Waals surface area contributed by atoms with Gasteiger partial charge in [0, 0.05) is 24.5 Å². The third-order valence-electron chi connectivity index (χ3n) is 3.85. The molecule has 2 heterocycles. The van der Waals surface area contributed by atoms with Gasteiger partial charge in [0.05, 0.1) is 6.54 Å². The summed E-state index contributed by atoms with van der Waals surface area (Å²) < 4.78 is 0. The summed E-state index contributed by atoms with van der Waals surface area (Å²) >= 11 is 1.47. The van der Waals surface area contributed by atoms with Crippen LogP contribution in [0.4, 0.5) is 4.79 Å². The number of imide groups is 1. The number of aromatic nitrogens is 1. The van der Waals surface area contributed by atoms with Gasteiger partial charge in [0.25, 0.3) is 0 Å². The molecule has 1 aliphatic rings. The van der Waals surface area contributed by atoms with Crippen molar-refractivity contribution in [3.05, 3.63) is 52.5 Å². The van der Waals surface area contributed by atoms with Crippen molar-refractivity contribution >= 4 is 29.2 Å². The van der Waals surface area contributed by atoms with Gasteiger partial charge in [-0.15, -0.1) is 11.3 Å². The van der Waals surface area contributed by atoms with E-state index in [1.54, 1.807) is 11.1 Å². The van der Waals surface area contributed by atoms with Crippen molar-refractivity contribution in [3.8, 4) is 0 Å². The molecule has 0 spiro atoms. The van der Waals surface area contributed by atoms with Crippen molar-refractivity contribution in [1.82, 2.24) is 20.5 Å². The van der Waals surface area contributed by atoms with Crippen LogP contribution in [0.5, 0.6) is 0 Å². The predicted octanol–water partition coefficient (Wildman–Crippen LogP) is 1.66. The highest BCUT2D eigenvalue weighted by molar-refractivity contribution is 7.09. The summed E-state index contributed by atoms with van der Waals surface area (Å²) in [5, 5.41) is 7.44. The summed E-state index contributed by atoms with van der Waals surface area (Å²) in [6.07, 6.45) is 2.10. The Labute approximate surface area is 149 Å². The smallest absolute Gasteiger partial charge is 0.322 e. The summed E-state index contributed by atoms with van der Waals surface area (Å²) in [6, 6.07) is 8.27. The van der Waals surface area contributed by atoms with E-state index in [2.05, 4.69) is 15.6 Å². The van der Waals surface area contributed by atoms with Crippen LogP contribution in [0, 0.1) is 0 Å². The van der Waals surface area contributed by atoms with Crippen molar-refractivity contribution in [3.63, 3.8) is 0 Å². The summed E-state index contributed by atoms with van der Waals surface area (Å²) in [5.41, 5.74) is 0.988. The van der Waals surface area contributed by atoms with Crippen LogP contribution in [0.25, 0.3) is 0 Å². The average molecular weight is 358 g/mol. The first-order valence-electron chi connectivity index (χ1n) is 7.93. The van der Waals surface area contributed by atoms with Crippen LogP contribution in [0.15, 0.2) is 41.9 Å². The highest BCUT2D eigenvalue weighted by Crippen LogP contribution is 2.15. The van der Waals surface area contributed by atoms with Crippen LogP contribution in [-0.2, 0) is 22.7 Å². The standard InChI is InChI=1S/C17H18N4O3S/c22-14-7-6-13(19-17(24)20-14)16(23)21(11-15-18-8-9-25-15)10-12-4-2-1-3-5-12/h1-5,8-9,13H,6-7,10-11H2,(H2,19,20,22,24)/t13-/m1/s1. The fourth-order valence-electron chi connectivity index (χ4n) is 2.65. The van der Waals surface area contributed by atoms with Gasteiger partial charge in [0.15, 0.2) is 0 Å². The third kappa shape index (κ3) is 4.63. The molecule has 0 radical (unpaired) electrons. The first-order valence-corrected chi connectivity index (χ1v) is 8.81. The molecule has 130 valence electrons. The fourth-order valence-corrected chi connectivity index (χ4v) is 3.28. The molecule has 1 fully saturated rings. The van der Waals surface area contributed by atoms with Gasteiger partial charge in [0.2, 0.25) is 11.8 Å². The molecule has 1 aromatic heterocycles. The number of nitrogens with one attached hydrogen (secondary N) is 2. The monoisotopic (exact) mass is 358 g/mol. The van der Waals surface area contributed by atoms with Gasteiger partial charge in [-0.2, -0.15) is 0 Å². The molecule has 1 aliphatic heterocycles. The van der Waals surface area contributed by atoms with Crippen LogP contribution in [0.2, 0.25) is 0 Å². The van der Waals surface area contributed by atoms with Gasteiger partial charge in [-0.3, -0.25) is 14.9 Å². The quantitative estimate of drug-likeness (QED) is 0.850. The Bertz CT molecular complexity index is 749. The van der Waals surface area contributed by atoms with E-state index >= 15 is 0 Å². The van der Waals surface area contributed by atoms with Gasteiger partial charge in [-0.25, -0.2) is 9.78 Å². The number of hydrogen-bond acceptors (Lipinski definition) is 5. The van der Waals surface area contributed by atoms with Gasteiger partial charge in [-0.05, 0) is 12.0 Å². The Morgan fingerprint density at radius 2 is 2.04 bits per heavy atom. The fraction of sp³-hybridized carbons (Fsp3) is 0.294. The molecule has 25 heavy (non-hydrogen) atoms. The molecular weight excluding hydrogens is 340 g/mol. The summed E-state index contributed by atoms with van der Waals surface area (Å²) in [7, 11) is 0. The molecule has 1 atom stereocenters. The summed E-state index contributed by atoms with van der Waals surface area (Å²) in [5.74, 6) is -0.591. The second-order valence-corrected chi connectivity index (χ2v) is 6.70. The number of amides is 4. The van der Waals surface area contributed by atoms with Gasteiger partial charge in [0.1, 0.15) is 11.0 Å². The van der Waals surface area contributed by atoms with Crippen LogP contribution in [-0.4, -0.2) is 33.8 Å².